The van der Waals surface area contributed by atoms with Crippen LogP contribution in [0.3, 0.4) is 0 Å². The molecule has 4 heteroatoms. The molecule has 0 aromatic heterocycles. The number of carbonyl (C=O) groups excluding carboxylic acids is 1. The average molecular weight is 259 g/mol. The van der Waals surface area contributed by atoms with Crippen molar-refractivity contribution in [3.05, 3.63) is 48.0 Å². The largest absolute Gasteiger partial charge is 0.481 e. The second kappa shape index (κ2) is 4.88. The zero-order valence-corrected chi connectivity index (χ0v) is 10.8. The number of carboxylic acids is 1. The lowest BCUT2D eigenvalue weighted by atomic mass is 9.93. The molecule has 4 nitrogen and oxygen atoms in total. The van der Waals surface area contributed by atoms with Gasteiger partial charge < -0.3 is 10.4 Å². The molecule has 0 saturated heterocycles. The van der Waals surface area contributed by atoms with Gasteiger partial charge in [0.25, 0.3) is 0 Å². The molecule has 2 rings (SSSR count). The van der Waals surface area contributed by atoms with E-state index in [-0.39, 0.29) is 5.91 Å². The average Bonchev–Trinajstić information content (AvgIpc) is 3.14. The fourth-order valence-electron chi connectivity index (χ4n) is 2.36. The fourth-order valence-corrected chi connectivity index (χ4v) is 2.36. The number of hydrogen-bond donors (Lipinski definition) is 2. The zero-order valence-electron chi connectivity index (χ0n) is 10.8. The molecule has 0 spiro atoms. The summed E-state index contributed by atoms with van der Waals surface area (Å²) in [7, 11) is 0. The minimum absolute atomic E-state index is 0.214. The first-order valence-corrected chi connectivity index (χ1v) is 6.19. The molecule has 2 atom stereocenters. The van der Waals surface area contributed by atoms with E-state index in [1.807, 2.05) is 13.0 Å². The van der Waals surface area contributed by atoms with Crippen LogP contribution in [0.25, 0.3) is 0 Å². The van der Waals surface area contributed by atoms with Gasteiger partial charge in [0, 0.05) is 6.54 Å². The second-order valence-corrected chi connectivity index (χ2v) is 5.07. The number of hydrogen-bond acceptors (Lipinski definition) is 2. The van der Waals surface area contributed by atoms with E-state index in [9.17, 15) is 14.7 Å². The Morgan fingerprint density at radius 3 is 2.58 bits per heavy atom. The Morgan fingerprint density at radius 2 is 2.05 bits per heavy atom. The van der Waals surface area contributed by atoms with Gasteiger partial charge >= 0.3 is 5.97 Å². The van der Waals surface area contributed by atoms with E-state index in [2.05, 4.69) is 11.9 Å². The van der Waals surface area contributed by atoms with E-state index >= 15 is 0 Å². The number of carbonyl (C=O) groups is 2. The van der Waals surface area contributed by atoms with Gasteiger partial charge in [-0.3, -0.25) is 9.59 Å². The summed E-state index contributed by atoms with van der Waals surface area (Å²) in [6.07, 6.45) is 0.356. The van der Waals surface area contributed by atoms with Crippen molar-refractivity contribution in [2.45, 2.75) is 18.8 Å². The quantitative estimate of drug-likeness (QED) is 0.791. The minimum atomic E-state index is -1.06. The smallest absolute Gasteiger partial charge is 0.314 e. The molecule has 100 valence electrons. The predicted octanol–water partition coefficient (Wildman–Crippen LogP) is 1.72. The first-order chi connectivity index (χ1) is 8.98. The highest BCUT2D eigenvalue weighted by Gasteiger charge is 2.64. The Bertz CT molecular complexity index is 523. The van der Waals surface area contributed by atoms with E-state index in [0.29, 0.717) is 18.5 Å². The van der Waals surface area contributed by atoms with Gasteiger partial charge in [0.15, 0.2) is 0 Å². The molecule has 0 unspecified atom stereocenters. The van der Waals surface area contributed by atoms with Gasteiger partial charge in [0.1, 0.15) is 5.41 Å². The highest BCUT2D eigenvalue weighted by Crippen LogP contribution is 2.54. The van der Waals surface area contributed by atoms with Crippen LogP contribution in [-0.4, -0.2) is 23.5 Å². The van der Waals surface area contributed by atoms with Crippen LogP contribution in [0.1, 0.15) is 18.9 Å². The molecule has 1 aliphatic carbocycles. The van der Waals surface area contributed by atoms with E-state index in [1.54, 1.807) is 24.3 Å². The zero-order chi connectivity index (χ0) is 14.0. The lowest BCUT2D eigenvalue weighted by Crippen LogP contribution is -2.32. The van der Waals surface area contributed by atoms with Crippen molar-refractivity contribution in [1.29, 1.82) is 0 Å². The minimum Gasteiger partial charge on any atom is -0.481 e. The molecule has 1 saturated carbocycles. The van der Waals surface area contributed by atoms with Crippen LogP contribution < -0.4 is 5.32 Å². The van der Waals surface area contributed by atoms with Gasteiger partial charge in [-0.2, -0.15) is 0 Å². The molecule has 0 aliphatic heterocycles. The van der Waals surface area contributed by atoms with Crippen LogP contribution in [-0.2, 0) is 15.0 Å². The van der Waals surface area contributed by atoms with E-state index in [0.717, 1.165) is 5.57 Å². The first-order valence-electron chi connectivity index (χ1n) is 6.19. The molecule has 0 radical (unpaired) electrons. The summed E-state index contributed by atoms with van der Waals surface area (Å²) in [5.41, 5.74) is 0.480. The monoisotopic (exact) mass is 259 g/mol. The third-order valence-corrected chi connectivity index (χ3v) is 3.51. The molecular weight excluding hydrogens is 242 g/mol. The molecule has 1 aromatic carbocycles. The summed E-state index contributed by atoms with van der Waals surface area (Å²) in [5.74, 6) is -1.64. The topological polar surface area (TPSA) is 66.4 Å². The molecule has 0 heterocycles. The standard InChI is InChI=1S/C15H17NO3/c1-10(2)9-16-13(17)12-8-15(12,14(18)19)11-6-4-3-5-7-11/h3-7,12H,1,8-9H2,2H3,(H,16,17)(H,18,19)/t12-,15+/m0/s1. The van der Waals surface area contributed by atoms with Crippen molar-refractivity contribution in [2.75, 3.05) is 6.54 Å². The summed E-state index contributed by atoms with van der Waals surface area (Å²) in [6.45, 7) is 5.91. The highest BCUT2D eigenvalue weighted by atomic mass is 16.4. The Labute approximate surface area is 112 Å². The van der Waals surface area contributed by atoms with Crippen LogP contribution in [0.4, 0.5) is 0 Å². The van der Waals surface area contributed by atoms with Crippen molar-refractivity contribution in [1.82, 2.24) is 5.32 Å². The number of nitrogens with one attached hydrogen (secondary N) is 1. The van der Waals surface area contributed by atoms with Crippen LogP contribution in [0, 0.1) is 5.92 Å². The molecule has 0 bridgehead atoms. The highest BCUT2D eigenvalue weighted by molar-refractivity contribution is 5.97. The van der Waals surface area contributed by atoms with Gasteiger partial charge in [0.05, 0.1) is 5.92 Å². The van der Waals surface area contributed by atoms with Gasteiger partial charge in [-0.1, -0.05) is 42.5 Å². The summed E-state index contributed by atoms with van der Waals surface area (Å²) < 4.78 is 0. The predicted molar refractivity (Wildman–Crippen MR) is 71.7 cm³/mol. The van der Waals surface area contributed by atoms with Crippen LogP contribution in [0.15, 0.2) is 42.5 Å². The number of aliphatic carboxylic acids is 1. The van der Waals surface area contributed by atoms with Crippen LogP contribution in [0.5, 0.6) is 0 Å². The number of rotatable bonds is 5. The van der Waals surface area contributed by atoms with Crippen LogP contribution in [0.2, 0.25) is 0 Å². The lowest BCUT2D eigenvalue weighted by Gasteiger charge is -2.13. The fraction of sp³-hybridized carbons (Fsp3) is 0.333. The number of amides is 1. The summed E-state index contributed by atoms with van der Waals surface area (Å²) in [6, 6.07) is 8.94. The number of benzene rings is 1. The van der Waals surface area contributed by atoms with Gasteiger partial charge in [-0.15, -0.1) is 0 Å². The molecule has 1 aromatic rings. The van der Waals surface area contributed by atoms with Gasteiger partial charge in [0.2, 0.25) is 5.91 Å². The maximum absolute atomic E-state index is 12.0. The van der Waals surface area contributed by atoms with Gasteiger partial charge in [-0.05, 0) is 18.9 Å². The molecular formula is C15H17NO3. The van der Waals surface area contributed by atoms with Crippen molar-refractivity contribution in [2.24, 2.45) is 5.92 Å². The Hall–Kier alpha value is -2.10. The SMILES string of the molecule is C=C(C)CNC(=O)[C@@H]1C[C@@]1(C(=O)O)c1ccccc1. The lowest BCUT2D eigenvalue weighted by molar-refractivity contribution is -0.141. The van der Waals surface area contributed by atoms with Crippen molar-refractivity contribution in [3.8, 4) is 0 Å². The number of carboxylic acid groups (broad SMARTS) is 1. The molecule has 1 fully saturated rings. The van der Waals surface area contributed by atoms with Crippen molar-refractivity contribution in [3.63, 3.8) is 0 Å². The molecule has 1 aliphatic rings. The Morgan fingerprint density at radius 1 is 1.42 bits per heavy atom. The van der Waals surface area contributed by atoms with E-state index < -0.39 is 17.3 Å². The summed E-state index contributed by atoms with van der Waals surface area (Å²) >= 11 is 0. The maximum Gasteiger partial charge on any atom is 0.314 e. The molecule has 1 amide bonds. The molecule has 2 N–H and O–H groups in total. The first kappa shape index (κ1) is 13.3. The maximum atomic E-state index is 12.0. The van der Waals surface area contributed by atoms with Gasteiger partial charge in [-0.25, -0.2) is 0 Å². The Kier molecular flexibility index (Phi) is 3.42. The summed E-state index contributed by atoms with van der Waals surface area (Å²) in [4.78, 5) is 23.5. The van der Waals surface area contributed by atoms with E-state index in [4.69, 9.17) is 0 Å². The Balaban J connectivity index is 2.16. The third kappa shape index (κ3) is 2.38. The normalized spacial score (nSPS) is 24.6. The van der Waals surface area contributed by atoms with Crippen LogP contribution >= 0.6 is 0 Å². The van der Waals surface area contributed by atoms with E-state index in [1.165, 1.54) is 0 Å². The second-order valence-electron chi connectivity index (χ2n) is 5.07. The third-order valence-electron chi connectivity index (χ3n) is 3.51. The van der Waals surface area contributed by atoms with Crippen molar-refractivity contribution < 1.29 is 14.7 Å². The molecule has 19 heavy (non-hydrogen) atoms. The summed E-state index contributed by atoms with van der Waals surface area (Å²) in [5, 5.41) is 12.2. The van der Waals surface area contributed by atoms with Crippen molar-refractivity contribution >= 4 is 11.9 Å².